The van der Waals surface area contributed by atoms with Gasteiger partial charge in [-0.05, 0) is 101 Å². The zero-order valence-corrected chi connectivity index (χ0v) is 39.7. The number of allylic oxidation sites excluding steroid dienone is 1. The Kier molecular flexibility index (Phi) is 9.34. The van der Waals surface area contributed by atoms with Gasteiger partial charge in [0.2, 0.25) is 0 Å². The fourth-order valence-electron chi connectivity index (χ4n) is 11.7. The van der Waals surface area contributed by atoms with E-state index in [9.17, 15) is 0 Å². The fraction of sp³-hybridized carbons (Fsp3) is 0.0909. The van der Waals surface area contributed by atoms with E-state index in [1.54, 1.807) is 0 Å². The Hall–Kier alpha value is -8.60. The maximum absolute atomic E-state index is 7.37. The number of anilines is 2. The summed E-state index contributed by atoms with van der Waals surface area (Å²) in [5.74, 6) is 0. The number of benzene rings is 9. The summed E-state index contributed by atoms with van der Waals surface area (Å²) in [5.41, 5.74) is 18.0. The maximum atomic E-state index is 7.37. The molecule has 0 bridgehead atoms. The summed E-state index contributed by atoms with van der Waals surface area (Å²) < 4.78 is 16.7. The van der Waals surface area contributed by atoms with Gasteiger partial charge in [0.25, 0.3) is 0 Å². The molecule has 0 spiro atoms. The Morgan fingerprint density at radius 3 is 1.77 bits per heavy atom. The fourth-order valence-corrected chi connectivity index (χ4v) is 11.7. The van der Waals surface area contributed by atoms with E-state index in [1.165, 1.54) is 5.56 Å². The second-order valence-corrected chi connectivity index (χ2v) is 19.7. The molecule has 4 heteroatoms. The van der Waals surface area contributed by atoms with Crippen LogP contribution in [-0.4, -0.2) is 4.57 Å². The third kappa shape index (κ3) is 6.02. The number of furan rings is 2. The first-order valence-electron chi connectivity index (χ1n) is 24.2. The molecule has 336 valence electrons. The molecule has 0 atom stereocenters. The summed E-state index contributed by atoms with van der Waals surface area (Å²) in [6, 6.07) is 74.4. The average molecular weight is 903 g/mol. The van der Waals surface area contributed by atoms with Crippen molar-refractivity contribution in [2.24, 2.45) is 0 Å². The number of aromatic nitrogens is 1. The Balaban J connectivity index is 1.19. The van der Waals surface area contributed by atoms with Gasteiger partial charge < -0.3 is 18.3 Å². The monoisotopic (exact) mass is 902 g/mol. The number of rotatable bonds is 8. The van der Waals surface area contributed by atoms with Crippen LogP contribution in [0.25, 0.3) is 83.7 Å². The predicted octanol–water partition coefficient (Wildman–Crippen LogP) is 17.9. The molecule has 3 aromatic heterocycles. The lowest BCUT2D eigenvalue weighted by molar-refractivity contribution is 0.590. The number of hydrogen-bond donors (Lipinski definition) is 0. The van der Waals surface area contributed by atoms with Crippen LogP contribution in [0, 0.1) is 0 Å². The van der Waals surface area contributed by atoms with E-state index in [0.29, 0.717) is 0 Å². The van der Waals surface area contributed by atoms with Crippen LogP contribution >= 0.6 is 0 Å². The molecular weight excluding hydrogens is 853 g/mol. The second-order valence-electron chi connectivity index (χ2n) is 19.7. The van der Waals surface area contributed by atoms with E-state index >= 15 is 0 Å². The normalized spacial score (nSPS) is 13.4. The van der Waals surface area contributed by atoms with Crippen LogP contribution in [0.4, 0.5) is 11.4 Å². The summed E-state index contributed by atoms with van der Waals surface area (Å²) in [5, 5.41) is 5.40. The summed E-state index contributed by atoms with van der Waals surface area (Å²) in [6.07, 6.45) is 4.35. The van der Waals surface area contributed by atoms with E-state index < -0.39 is 5.41 Å². The van der Waals surface area contributed by atoms with Gasteiger partial charge in [0.1, 0.15) is 22.3 Å². The van der Waals surface area contributed by atoms with E-state index in [4.69, 9.17) is 8.83 Å². The van der Waals surface area contributed by atoms with E-state index in [-0.39, 0.29) is 5.41 Å². The predicted molar refractivity (Wildman–Crippen MR) is 293 cm³/mol. The highest BCUT2D eigenvalue weighted by Crippen LogP contribution is 2.62. The molecule has 4 nitrogen and oxygen atoms in total. The smallest absolute Gasteiger partial charge is 0.145 e. The summed E-state index contributed by atoms with van der Waals surface area (Å²) in [6.45, 7) is 13.5. The van der Waals surface area contributed by atoms with Crippen molar-refractivity contribution in [1.82, 2.24) is 4.57 Å². The number of hydrogen-bond acceptors (Lipinski definition) is 3. The first-order valence-corrected chi connectivity index (χ1v) is 24.2. The van der Waals surface area contributed by atoms with E-state index in [1.807, 2.05) is 6.08 Å². The van der Waals surface area contributed by atoms with Crippen molar-refractivity contribution >= 4 is 78.3 Å². The Morgan fingerprint density at radius 1 is 0.557 bits per heavy atom. The molecule has 12 aromatic rings. The first-order chi connectivity index (χ1) is 34.3. The van der Waals surface area contributed by atoms with Gasteiger partial charge in [-0.15, -0.1) is 0 Å². The van der Waals surface area contributed by atoms with Crippen molar-refractivity contribution < 1.29 is 8.83 Å². The minimum atomic E-state index is -0.763. The van der Waals surface area contributed by atoms with Gasteiger partial charge in [-0.1, -0.05) is 185 Å². The van der Waals surface area contributed by atoms with Crippen molar-refractivity contribution in [3.8, 4) is 16.8 Å². The van der Waals surface area contributed by atoms with Gasteiger partial charge in [-0.2, -0.15) is 0 Å². The minimum absolute atomic E-state index is 0.0350. The van der Waals surface area contributed by atoms with E-state index in [0.717, 1.165) is 122 Å². The Bertz CT molecular complexity index is 4010. The van der Waals surface area contributed by atoms with Crippen LogP contribution in [0.5, 0.6) is 0 Å². The molecule has 1 aliphatic carbocycles. The zero-order valence-electron chi connectivity index (χ0n) is 39.7. The number of fused-ring (bicyclic) bond motifs is 12. The first kappa shape index (κ1) is 41.6. The molecule has 0 amide bonds. The van der Waals surface area contributed by atoms with Gasteiger partial charge in [-0.3, -0.25) is 0 Å². The standard InChI is InChI=1S/C66H50N2O2/c1-6-55-52(48-28-16-19-31-56(48)68(55)46-26-14-9-15-27-46)40-42(2)67(47-36-34-43(35-37-47)65(3,4)5)57-41-54-62(64-60(57)51-30-18-21-33-59(51)70-64)61-53(39-38-50-49-29-17-20-32-58(49)69-63(50)61)66(54,44-22-10-7-11-23-44)45-24-12-8-13-25-45/h6-41H,1H2,2-5H3/b42-40+. The molecule has 0 unspecified atom stereocenters. The second kappa shape index (κ2) is 15.7. The lowest BCUT2D eigenvalue weighted by Crippen LogP contribution is -2.29. The van der Waals surface area contributed by atoms with Crippen LogP contribution in [0.3, 0.4) is 0 Å². The highest BCUT2D eigenvalue weighted by Gasteiger charge is 2.50. The van der Waals surface area contributed by atoms with Crippen molar-refractivity contribution in [2.45, 2.75) is 38.5 Å². The molecule has 1 aliphatic rings. The maximum Gasteiger partial charge on any atom is 0.145 e. The van der Waals surface area contributed by atoms with E-state index in [2.05, 4.69) is 256 Å². The third-order valence-electron chi connectivity index (χ3n) is 14.7. The lowest BCUT2D eigenvalue weighted by atomic mass is 9.67. The Labute approximate surface area is 407 Å². The lowest BCUT2D eigenvalue weighted by Gasteiger charge is -2.35. The van der Waals surface area contributed by atoms with Gasteiger partial charge in [0.05, 0.1) is 27.7 Å². The van der Waals surface area contributed by atoms with Gasteiger partial charge in [0.15, 0.2) is 0 Å². The van der Waals surface area contributed by atoms with Gasteiger partial charge in [-0.25, -0.2) is 0 Å². The van der Waals surface area contributed by atoms with Crippen LogP contribution in [0.15, 0.2) is 227 Å². The Morgan fingerprint density at radius 2 is 1.11 bits per heavy atom. The van der Waals surface area contributed by atoms with Gasteiger partial charge >= 0.3 is 0 Å². The number of nitrogens with zero attached hydrogens (tertiary/aromatic N) is 2. The summed E-state index contributed by atoms with van der Waals surface area (Å²) >= 11 is 0. The summed E-state index contributed by atoms with van der Waals surface area (Å²) in [4.78, 5) is 2.46. The van der Waals surface area contributed by atoms with Crippen molar-refractivity contribution in [3.05, 3.63) is 258 Å². The molecule has 0 saturated heterocycles. The molecule has 0 radical (unpaired) electrons. The summed E-state index contributed by atoms with van der Waals surface area (Å²) in [7, 11) is 0. The quantitative estimate of drug-likeness (QED) is 0.152. The molecule has 9 aromatic carbocycles. The minimum Gasteiger partial charge on any atom is -0.455 e. The third-order valence-corrected chi connectivity index (χ3v) is 14.7. The van der Waals surface area contributed by atoms with Crippen molar-refractivity contribution in [2.75, 3.05) is 4.90 Å². The molecule has 70 heavy (non-hydrogen) atoms. The number of para-hydroxylation sites is 4. The molecular formula is C66H50N2O2. The SMILES string of the molecule is C=Cc1c(/C=C(\C)N(c2ccc(C(C)(C)C)cc2)c2cc3c(c4oc5ccccc5c24)-c2c(ccc4c2oc2ccccc24)C3(c2ccccc2)c2ccccc2)c2ccccc2n1-c1ccccc1. The van der Waals surface area contributed by atoms with Gasteiger partial charge in [0, 0.05) is 55.3 Å². The van der Waals surface area contributed by atoms with Crippen LogP contribution in [0.2, 0.25) is 0 Å². The molecule has 13 rings (SSSR count). The van der Waals surface area contributed by atoms with Crippen LogP contribution in [-0.2, 0) is 10.8 Å². The van der Waals surface area contributed by atoms with Crippen LogP contribution < -0.4 is 4.90 Å². The molecule has 3 heterocycles. The van der Waals surface area contributed by atoms with Crippen LogP contribution in [0.1, 0.15) is 66.8 Å². The molecule has 0 N–H and O–H groups in total. The topological polar surface area (TPSA) is 34.5 Å². The highest BCUT2D eigenvalue weighted by molar-refractivity contribution is 6.22. The zero-order chi connectivity index (χ0) is 47.3. The largest absolute Gasteiger partial charge is 0.455 e. The molecule has 0 saturated carbocycles. The average Bonchev–Trinajstić information content (AvgIpc) is 4.14. The highest BCUT2D eigenvalue weighted by atomic mass is 16.3. The van der Waals surface area contributed by atoms with Crippen molar-refractivity contribution in [1.29, 1.82) is 0 Å². The molecule has 0 aliphatic heterocycles. The van der Waals surface area contributed by atoms with Crippen molar-refractivity contribution in [3.63, 3.8) is 0 Å². The molecule has 0 fully saturated rings.